The molecule has 0 spiro atoms. The smallest absolute Gasteiger partial charge is 0.119 e. The highest BCUT2D eigenvalue weighted by molar-refractivity contribution is 7.98. The maximum absolute atomic E-state index is 5.33. The normalized spacial score (nSPS) is 19.8. The summed E-state index contributed by atoms with van der Waals surface area (Å²) in [6.07, 6.45) is 7.00. The van der Waals surface area contributed by atoms with Crippen LogP contribution in [-0.2, 0) is 12.8 Å². The predicted octanol–water partition coefficient (Wildman–Crippen LogP) is 3.28. The van der Waals surface area contributed by atoms with Gasteiger partial charge in [-0.2, -0.15) is 11.8 Å². The van der Waals surface area contributed by atoms with Gasteiger partial charge < -0.3 is 10.1 Å². The van der Waals surface area contributed by atoms with Gasteiger partial charge in [-0.3, -0.25) is 0 Å². The van der Waals surface area contributed by atoms with Crippen LogP contribution in [0.25, 0.3) is 0 Å². The van der Waals surface area contributed by atoms with Crippen LogP contribution >= 0.6 is 11.8 Å². The minimum absolute atomic E-state index is 0.615. The van der Waals surface area contributed by atoms with Crippen molar-refractivity contribution < 1.29 is 4.74 Å². The Bertz CT molecular complexity index is 408. The number of ether oxygens (including phenoxy) is 1. The number of aryl methyl sites for hydroxylation is 1. The molecule has 106 valence electrons. The third-order valence-electron chi connectivity index (χ3n) is 3.92. The van der Waals surface area contributed by atoms with Crippen LogP contribution in [-0.4, -0.2) is 31.2 Å². The van der Waals surface area contributed by atoms with E-state index >= 15 is 0 Å². The molecule has 3 heteroatoms. The van der Waals surface area contributed by atoms with Crippen molar-refractivity contribution in [2.45, 2.75) is 44.7 Å². The highest BCUT2D eigenvalue weighted by Crippen LogP contribution is 2.25. The first kappa shape index (κ1) is 14.7. The summed E-state index contributed by atoms with van der Waals surface area (Å²) in [6, 6.07) is 7.74. The van der Waals surface area contributed by atoms with Crippen LogP contribution in [0.15, 0.2) is 18.2 Å². The molecule has 1 aliphatic rings. The number of benzene rings is 1. The molecular weight excluding hydrogens is 254 g/mol. The van der Waals surface area contributed by atoms with Crippen LogP contribution < -0.4 is 10.1 Å². The molecule has 0 bridgehead atoms. The summed E-state index contributed by atoms with van der Waals surface area (Å²) < 4.78 is 5.33. The molecule has 0 fully saturated rings. The van der Waals surface area contributed by atoms with Crippen molar-refractivity contribution in [2.75, 3.05) is 19.1 Å². The summed E-state index contributed by atoms with van der Waals surface area (Å²) in [5.74, 6) is 2.22. The molecule has 2 atom stereocenters. The molecule has 0 saturated heterocycles. The van der Waals surface area contributed by atoms with E-state index in [-0.39, 0.29) is 0 Å². The molecule has 0 aliphatic heterocycles. The Morgan fingerprint density at radius 3 is 3.00 bits per heavy atom. The van der Waals surface area contributed by atoms with Crippen LogP contribution in [0.4, 0.5) is 0 Å². The SMILES string of the molecule is COc1ccc2c(c1)CC(NC(C)CCSC)CC2. The van der Waals surface area contributed by atoms with Crippen molar-refractivity contribution in [3.8, 4) is 5.75 Å². The minimum Gasteiger partial charge on any atom is -0.497 e. The molecule has 2 unspecified atom stereocenters. The molecule has 1 aliphatic carbocycles. The summed E-state index contributed by atoms with van der Waals surface area (Å²) in [5.41, 5.74) is 2.95. The molecule has 0 aromatic heterocycles. The molecule has 1 aromatic rings. The van der Waals surface area contributed by atoms with Gasteiger partial charge in [0.05, 0.1) is 7.11 Å². The molecular formula is C16H25NOS. The fraction of sp³-hybridized carbons (Fsp3) is 0.625. The number of methoxy groups -OCH3 is 1. The lowest BCUT2D eigenvalue weighted by molar-refractivity contribution is 0.396. The largest absolute Gasteiger partial charge is 0.497 e. The second-order valence-corrected chi connectivity index (χ2v) is 6.41. The van der Waals surface area contributed by atoms with Crippen LogP contribution in [0.3, 0.4) is 0 Å². The van der Waals surface area contributed by atoms with Gasteiger partial charge in [0.1, 0.15) is 5.75 Å². The highest BCUT2D eigenvalue weighted by Gasteiger charge is 2.20. The maximum atomic E-state index is 5.33. The van der Waals surface area contributed by atoms with Crippen LogP contribution in [0.1, 0.15) is 30.9 Å². The van der Waals surface area contributed by atoms with Gasteiger partial charge in [0, 0.05) is 12.1 Å². The Morgan fingerprint density at radius 2 is 2.26 bits per heavy atom. The van der Waals surface area contributed by atoms with Crippen molar-refractivity contribution in [1.82, 2.24) is 5.32 Å². The topological polar surface area (TPSA) is 21.3 Å². The second-order valence-electron chi connectivity index (χ2n) is 5.42. The van der Waals surface area contributed by atoms with E-state index in [1.54, 1.807) is 7.11 Å². The van der Waals surface area contributed by atoms with E-state index in [0.29, 0.717) is 12.1 Å². The van der Waals surface area contributed by atoms with Gasteiger partial charge in [0.25, 0.3) is 0 Å². The summed E-state index contributed by atoms with van der Waals surface area (Å²) >= 11 is 1.93. The molecule has 0 amide bonds. The van der Waals surface area contributed by atoms with Crippen LogP contribution in [0, 0.1) is 0 Å². The zero-order valence-corrected chi connectivity index (χ0v) is 13.1. The number of fused-ring (bicyclic) bond motifs is 1. The van der Waals surface area contributed by atoms with Gasteiger partial charge in [0.15, 0.2) is 0 Å². The van der Waals surface area contributed by atoms with E-state index in [1.807, 2.05) is 11.8 Å². The molecule has 0 heterocycles. The number of nitrogens with one attached hydrogen (secondary N) is 1. The van der Waals surface area contributed by atoms with E-state index in [0.717, 1.165) is 12.2 Å². The zero-order valence-electron chi connectivity index (χ0n) is 12.2. The van der Waals surface area contributed by atoms with Crippen molar-refractivity contribution in [3.63, 3.8) is 0 Å². The summed E-state index contributed by atoms with van der Waals surface area (Å²) in [7, 11) is 1.74. The Hall–Kier alpha value is -0.670. The van der Waals surface area contributed by atoms with Gasteiger partial charge in [0.2, 0.25) is 0 Å². The summed E-state index contributed by atoms with van der Waals surface area (Å²) in [4.78, 5) is 0. The third kappa shape index (κ3) is 4.15. The van der Waals surface area contributed by atoms with Gasteiger partial charge >= 0.3 is 0 Å². The van der Waals surface area contributed by atoms with Crippen LogP contribution in [0.2, 0.25) is 0 Å². The Labute approximate surface area is 121 Å². The fourth-order valence-corrected chi connectivity index (χ4v) is 3.37. The van der Waals surface area contributed by atoms with Gasteiger partial charge in [-0.15, -0.1) is 0 Å². The number of thioether (sulfide) groups is 1. The van der Waals surface area contributed by atoms with Gasteiger partial charge in [-0.25, -0.2) is 0 Å². The van der Waals surface area contributed by atoms with Gasteiger partial charge in [-0.05, 0) is 67.9 Å². The Kier molecular flexibility index (Phi) is 5.59. The first-order valence-corrected chi connectivity index (χ1v) is 8.53. The van der Waals surface area contributed by atoms with Crippen molar-refractivity contribution in [2.24, 2.45) is 0 Å². The van der Waals surface area contributed by atoms with E-state index in [9.17, 15) is 0 Å². The molecule has 2 rings (SSSR count). The average Bonchev–Trinajstić information content (AvgIpc) is 2.44. The Morgan fingerprint density at radius 1 is 1.42 bits per heavy atom. The van der Waals surface area contributed by atoms with E-state index in [1.165, 1.54) is 36.1 Å². The molecule has 1 N–H and O–H groups in total. The first-order chi connectivity index (χ1) is 9.22. The van der Waals surface area contributed by atoms with Crippen LogP contribution in [0.5, 0.6) is 5.75 Å². The summed E-state index contributed by atoms with van der Waals surface area (Å²) in [5, 5.41) is 3.78. The third-order valence-corrected chi connectivity index (χ3v) is 4.56. The van der Waals surface area contributed by atoms with Crippen molar-refractivity contribution in [3.05, 3.63) is 29.3 Å². The highest BCUT2D eigenvalue weighted by atomic mass is 32.2. The van der Waals surface area contributed by atoms with Crippen molar-refractivity contribution >= 4 is 11.8 Å². The molecule has 0 saturated carbocycles. The van der Waals surface area contributed by atoms with Gasteiger partial charge in [-0.1, -0.05) is 6.07 Å². The lowest BCUT2D eigenvalue weighted by Gasteiger charge is -2.28. The number of hydrogen-bond acceptors (Lipinski definition) is 3. The second kappa shape index (κ2) is 7.20. The fourth-order valence-electron chi connectivity index (χ4n) is 2.78. The predicted molar refractivity (Wildman–Crippen MR) is 84.4 cm³/mol. The molecule has 0 radical (unpaired) electrons. The molecule has 1 aromatic carbocycles. The standard InChI is InChI=1S/C16H25NOS/c1-12(8-9-19-3)17-15-6-4-13-5-7-16(18-2)11-14(13)10-15/h5,7,11-12,15,17H,4,6,8-10H2,1-3H3. The minimum atomic E-state index is 0.615. The summed E-state index contributed by atoms with van der Waals surface area (Å²) in [6.45, 7) is 2.30. The Balaban J connectivity index is 1.93. The molecule has 2 nitrogen and oxygen atoms in total. The lowest BCUT2D eigenvalue weighted by Crippen LogP contribution is -2.40. The quantitative estimate of drug-likeness (QED) is 0.863. The number of rotatable bonds is 6. The zero-order chi connectivity index (χ0) is 13.7. The van der Waals surface area contributed by atoms with E-state index < -0.39 is 0 Å². The maximum Gasteiger partial charge on any atom is 0.119 e. The van der Waals surface area contributed by atoms with Crippen molar-refractivity contribution in [1.29, 1.82) is 0 Å². The number of hydrogen-bond donors (Lipinski definition) is 1. The lowest BCUT2D eigenvalue weighted by atomic mass is 9.87. The average molecular weight is 279 g/mol. The van der Waals surface area contributed by atoms with E-state index in [2.05, 4.69) is 36.7 Å². The molecule has 19 heavy (non-hydrogen) atoms. The first-order valence-electron chi connectivity index (χ1n) is 7.13. The van der Waals surface area contributed by atoms with E-state index in [4.69, 9.17) is 4.74 Å². The monoisotopic (exact) mass is 279 g/mol.